The fourth-order valence-electron chi connectivity index (χ4n) is 2.28. The fourth-order valence-corrected chi connectivity index (χ4v) is 2.84. The Morgan fingerprint density at radius 3 is 2.50 bits per heavy atom. The molecule has 0 aliphatic rings. The molecular formula is C19H16N2O4S. The average molecular weight is 368 g/mol. The van der Waals surface area contributed by atoms with E-state index in [9.17, 15) is 4.79 Å². The van der Waals surface area contributed by atoms with Gasteiger partial charge in [0, 0.05) is 22.7 Å². The molecule has 0 fully saturated rings. The summed E-state index contributed by atoms with van der Waals surface area (Å²) in [6, 6.07) is 16.7. The minimum absolute atomic E-state index is 0.249. The van der Waals surface area contributed by atoms with E-state index in [4.69, 9.17) is 14.2 Å². The van der Waals surface area contributed by atoms with Gasteiger partial charge in [0.2, 0.25) is 0 Å². The maximum atomic E-state index is 12.0. The zero-order valence-electron chi connectivity index (χ0n) is 14.2. The highest BCUT2D eigenvalue weighted by Crippen LogP contribution is 2.32. The first kappa shape index (κ1) is 17.6. The third-order valence-corrected chi connectivity index (χ3v) is 4.05. The predicted octanol–water partition coefficient (Wildman–Crippen LogP) is 4.16. The van der Waals surface area contributed by atoms with Crippen molar-refractivity contribution in [2.45, 2.75) is 0 Å². The van der Waals surface area contributed by atoms with Gasteiger partial charge in [-0.05, 0) is 6.07 Å². The van der Waals surface area contributed by atoms with Crippen LogP contribution in [0.25, 0.3) is 17.0 Å². The molecule has 1 heterocycles. The van der Waals surface area contributed by atoms with E-state index >= 15 is 0 Å². The molecule has 6 nitrogen and oxygen atoms in total. The van der Waals surface area contributed by atoms with Gasteiger partial charge in [-0.3, -0.25) is 0 Å². The first-order chi connectivity index (χ1) is 12.7. The number of ether oxygens (including phenoxy) is 3. The van der Waals surface area contributed by atoms with Gasteiger partial charge in [-0.25, -0.2) is 4.79 Å². The summed E-state index contributed by atoms with van der Waals surface area (Å²) in [5.41, 5.74) is 1.69. The van der Waals surface area contributed by atoms with Crippen molar-refractivity contribution in [1.29, 1.82) is 0 Å². The van der Waals surface area contributed by atoms with Crippen molar-refractivity contribution < 1.29 is 19.0 Å². The Kier molecular flexibility index (Phi) is 5.60. The molecule has 0 aliphatic heterocycles. The minimum atomic E-state index is -0.523. The summed E-state index contributed by atoms with van der Waals surface area (Å²) >= 11 is 1.14. The smallest absolute Gasteiger partial charge is 0.341 e. The number of hydrogen-bond donors (Lipinski definition) is 0. The molecular weight excluding hydrogens is 352 g/mol. The number of methoxy groups -OCH3 is 2. The molecule has 0 aliphatic carbocycles. The van der Waals surface area contributed by atoms with Crippen LogP contribution in [-0.4, -0.2) is 29.5 Å². The second-order valence-electron chi connectivity index (χ2n) is 5.11. The summed E-state index contributed by atoms with van der Waals surface area (Å²) in [4.78, 5) is 16.5. The topological polar surface area (TPSA) is 70.5 Å². The molecule has 0 spiro atoms. The van der Waals surface area contributed by atoms with Crippen LogP contribution in [0, 0.1) is 0 Å². The first-order valence-corrected chi connectivity index (χ1v) is 8.48. The Hall–Kier alpha value is -3.19. The van der Waals surface area contributed by atoms with Crippen molar-refractivity contribution >= 4 is 23.1 Å². The number of benzene rings is 2. The lowest BCUT2D eigenvalue weighted by molar-refractivity contribution is -0.133. The summed E-state index contributed by atoms with van der Waals surface area (Å²) in [6.45, 7) is 0. The average Bonchev–Trinajstić information content (AvgIpc) is 3.15. The maximum absolute atomic E-state index is 12.0. The highest BCUT2D eigenvalue weighted by Gasteiger charge is 2.19. The van der Waals surface area contributed by atoms with Gasteiger partial charge in [-0.15, -0.1) is 0 Å². The summed E-state index contributed by atoms with van der Waals surface area (Å²) in [5, 5.41) is 0.373. The molecule has 0 N–H and O–H groups in total. The van der Waals surface area contributed by atoms with E-state index in [1.54, 1.807) is 24.3 Å². The fraction of sp³-hybridized carbons (Fsp3) is 0.105. The summed E-state index contributed by atoms with van der Waals surface area (Å²) in [6.07, 6.45) is 1.32. The van der Waals surface area contributed by atoms with Crippen molar-refractivity contribution in [3.05, 3.63) is 66.4 Å². The number of esters is 1. The van der Waals surface area contributed by atoms with E-state index in [1.807, 2.05) is 30.3 Å². The van der Waals surface area contributed by atoms with Gasteiger partial charge >= 0.3 is 5.97 Å². The van der Waals surface area contributed by atoms with E-state index in [-0.39, 0.29) is 5.57 Å². The zero-order valence-corrected chi connectivity index (χ0v) is 15.0. The highest BCUT2D eigenvalue weighted by atomic mass is 32.1. The number of carbonyl (C=O) groups excluding carboxylic acids is 1. The molecule has 26 heavy (non-hydrogen) atoms. The second kappa shape index (κ2) is 8.26. The number of aromatic nitrogens is 2. The van der Waals surface area contributed by atoms with Crippen LogP contribution in [0.2, 0.25) is 0 Å². The summed E-state index contributed by atoms with van der Waals surface area (Å²) < 4.78 is 20.0. The number of hydrogen-bond acceptors (Lipinski definition) is 7. The van der Waals surface area contributed by atoms with E-state index in [0.717, 1.165) is 17.1 Å². The minimum Gasteiger partial charge on any atom is -0.503 e. The molecule has 3 rings (SSSR count). The molecule has 0 saturated heterocycles. The van der Waals surface area contributed by atoms with E-state index in [2.05, 4.69) is 9.36 Å². The van der Waals surface area contributed by atoms with E-state index in [0.29, 0.717) is 22.3 Å². The Morgan fingerprint density at radius 2 is 1.77 bits per heavy atom. The lowest BCUT2D eigenvalue weighted by atomic mass is 10.1. The molecule has 2 aromatic carbocycles. The van der Waals surface area contributed by atoms with E-state index in [1.165, 1.54) is 20.5 Å². The Morgan fingerprint density at radius 1 is 1.04 bits per heavy atom. The molecule has 0 saturated carbocycles. The quantitative estimate of drug-likeness (QED) is 0.370. The van der Waals surface area contributed by atoms with Crippen LogP contribution in [0.3, 0.4) is 0 Å². The molecule has 7 heteroatoms. The Labute approximate surface area is 154 Å². The van der Waals surface area contributed by atoms with Crippen LogP contribution in [-0.2, 0) is 14.3 Å². The Balaban J connectivity index is 1.91. The molecule has 0 amide bonds. The first-order valence-electron chi connectivity index (χ1n) is 7.70. The highest BCUT2D eigenvalue weighted by molar-refractivity contribution is 7.07. The molecule has 0 radical (unpaired) electrons. The van der Waals surface area contributed by atoms with Crippen molar-refractivity contribution in [3.8, 4) is 22.3 Å². The number of para-hydroxylation sites is 1. The number of rotatable bonds is 6. The van der Waals surface area contributed by atoms with Crippen LogP contribution in [0.15, 0.2) is 60.9 Å². The molecule has 0 atom stereocenters. The van der Waals surface area contributed by atoms with Gasteiger partial charge < -0.3 is 14.2 Å². The second-order valence-corrected chi connectivity index (χ2v) is 5.82. The van der Waals surface area contributed by atoms with Gasteiger partial charge in [-0.1, -0.05) is 48.5 Å². The van der Waals surface area contributed by atoms with Crippen LogP contribution in [0.5, 0.6) is 10.9 Å². The number of carbonyl (C=O) groups is 1. The zero-order chi connectivity index (χ0) is 18.4. The van der Waals surface area contributed by atoms with Crippen molar-refractivity contribution in [2.24, 2.45) is 0 Å². The van der Waals surface area contributed by atoms with Gasteiger partial charge in [0.1, 0.15) is 11.3 Å². The lowest BCUT2D eigenvalue weighted by Gasteiger charge is -2.10. The monoisotopic (exact) mass is 368 g/mol. The van der Waals surface area contributed by atoms with Crippen LogP contribution >= 0.6 is 11.5 Å². The molecule has 0 unspecified atom stereocenters. The summed E-state index contributed by atoms with van der Waals surface area (Å²) in [5.74, 6) is 0.519. The van der Waals surface area contributed by atoms with Crippen LogP contribution < -0.4 is 4.74 Å². The third kappa shape index (κ3) is 3.89. The standard InChI is InChI=1S/C19H16N2O4S/c1-23-12-15(18(22)24-2)14-10-6-7-11-16(14)25-19-20-17(21-26-19)13-8-4-3-5-9-13/h3-12H,1-2H3/b15-12+. The molecule has 132 valence electrons. The molecule has 1 aromatic heterocycles. The maximum Gasteiger partial charge on any atom is 0.341 e. The molecule has 3 aromatic rings. The summed E-state index contributed by atoms with van der Waals surface area (Å²) in [7, 11) is 2.77. The predicted molar refractivity (Wildman–Crippen MR) is 98.9 cm³/mol. The van der Waals surface area contributed by atoms with Crippen molar-refractivity contribution in [2.75, 3.05) is 14.2 Å². The van der Waals surface area contributed by atoms with Crippen LogP contribution in [0.1, 0.15) is 5.56 Å². The normalized spacial score (nSPS) is 11.1. The van der Waals surface area contributed by atoms with Crippen molar-refractivity contribution in [3.63, 3.8) is 0 Å². The molecule has 0 bridgehead atoms. The number of nitrogens with zero attached hydrogens (tertiary/aromatic N) is 2. The Bertz CT molecular complexity index is 922. The van der Waals surface area contributed by atoms with E-state index < -0.39 is 5.97 Å². The van der Waals surface area contributed by atoms with Gasteiger partial charge in [-0.2, -0.15) is 9.36 Å². The lowest BCUT2D eigenvalue weighted by Crippen LogP contribution is -2.05. The van der Waals surface area contributed by atoms with Gasteiger partial charge in [0.25, 0.3) is 5.19 Å². The van der Waals surface area contributed by atoms with Crippen molar-refractivity contribution in [1.82, 2.24) is 9.36 Å². The SMILES string of the molecule is CO/C=C(/C(=O)OC)c1ccccc1Oc1nc(-c2ccccc2)ns1. The van der Waals surface area contributed by atoms with Gasteiger partial charge in [0.15, 0.2) is 5.82 Å². The van der Waals surface area contributed by atoms with Crippen LogP contribution in [0.4, 0.5) is 0 Å². The largest absolute Gasteiger partial charge is 0.503 e. The third-order valence-electron chi connectivity index (χ3n) is 3.45. The van der Waals surface area contributed by atoms with Gasteiger partial charge in [0.05, 0.1) is 20.5 Å².